The van der Waals surface area contributed by atoms with Gasteiger partial charge >= 0.3 is 0 Å². The SMILES string of the molecule is CNC(c1cc(Cl)cc(Br)c1OC)C1CCCCCCC1. The van der Waals surface area contributed by atoms with E-state index in [0.29, 0.717) is 12.0 Å². The maximum atomic E-state index is 6.26. The molecule has 1 fully saturated rings. The molecule has 4 heteroatoms. The molecule has 21 heavy (non-hydrogen) atoms. The van der Waals surface area contributed by atoms with E-state index in [1.54, 1.807) is 7.11 Å². The summed E-state index contributed by atoms with van der Waals surface area (Å²) >= 11 is 9.83. The van der Waals surface area contributed by atoms with Crippen LogP contribution in [0.2, 0.25) is 5.02 Å². The quantitative estimate of drug-likeness (QED) is 0.726. The van der Waals surface area contributed by atoms with Gasteiger partial charge in [-0.2, -0.15) is 0 Å². The number of hydrogen-bond donors (Lipinski definition) is 1. The fourth-order valence-corrected chi connectivity index (χ4v) is 4.49. The second-order valence-corrected chi connectivity index (χ2v) is 7.17. The molecule has 1 atom stereocenters. The maximum absolute atomic E-state index is 6.26. The van der Waals surface area contributed by atoms with E-state index >= 15 is 0 Å². The number of rotatable bonds is 4. The van der Waals surface area contributed by atoms with Crippen LogP contribution in [0.3, 0.4) is 0 Å². The molecule has 1 unspecified atom stereocenters. The molecule has 0 heterocycles. The van der Waals surface area contributed by atoms with Gasteiger partial charge in [0.25, 0.3) is 0 Å². The second-order valence-electron chi connectivity index (χ2n) is 5.88. The van der Waals surface area contributed by atoms with Crippen LogP contribution >= 0.6 is 27.5 Å². The molecule has 1 aromatic rings. The highest BCUT2D eigenvalue weighted by atomic mass is 79.9. The molecule has 0 aromatic heterocycles. The van der Waals surface area contributed by atoms with Gasteiger partial charge in [-0.05, 0) is 53.9 Å². The van der Waals surface area contributed by atoms with Crippen molar-refractivity contribution in [2.24, 2.45) is 5.92 Å². The summed E-state index contributed by atoms with van der Waals surface area (Å²) in [5, 5.41) is 4.26. The van der Waals surface area contributed by atoms with Gasteiger partial charge in [0.1, 0.15) is 5.75 Å². The molecule has 0 spiro atoms. The van der Waals surface area contributed by atoms with Crippen LogP contribution in [-0.2, 0) is 0 Å². The molecule has 2 rings (SSSR count). The van der Waals surface area contributed by atoms with Gasteiger partial charge in [0, 0.05) is 16.6 Å². The maximum Gasteiger partial charge on any atom is 0.137 e. The van der Waals surface area contributed by atoms with Gasteiger partial charge in [0.2, 0.25) is 0 Å². The third kappa shape index (κ3) is 4.37. The predicted octanol–water partition coefficient (Wildman–Crippen LogP) is 5.73. The second kappa shape index (κ2) is 8.40. The molecular formula is C17H25BrClNO. The highest BCUT2D eigenvalue weighted by Crippen LogP contribution is 2.41. The first-order chi connectivity index (χ1) is 10.2. The van der Waals surface area contributed by atoms with E-state index in [9.17, 15) is 0 Å². The van der Waals surface area contributed by atoms with Crippen molar-refractivity contribution in [2.45, 2.75) is 51.0 Å². The molecule has 0 bridgehead atoms. The molecule has 1 saturated carbocycles. The summed E-state index contributed by atoms with van der Waals surface area (Å²) in [5.41, 5.74) is 1.17. The number of methoxy groups -OCH3 is 1. The van der Waals surface area contributed by atoms with Crippen LogP contribution < -0.4 is 10.1 Å². The minimum Gasteiger partial charge on any atom is -0.495 e. The van der Waals surface area contributed by atoms with Gasteiger partial charge in [-0.1, -0.05) is 43.7 Å². The van der Waals surface area contributed by atoms with Crippen LogP contribution in [0.1, 0.15) is 56.6 Å². The Morgan fingerprint density at radius 3 is 2.38 bits per heavy atom. The average molecular weight is 375 g/mol. The van der Waals surface area contributed by atoms with Gasteiger partial charge in [-0.15, -0.1) is 0 Å². The molecule has 0 radical (unpaired) electrons. The lowest BCUT2D eigenvalue weighted by Gasteiger charge is -2.30. The van der Waals surface area contributed by atoms with E-state index in [1.165, 1.54) is 50.5 Å². The third-order valence-corrected chi connectivity index (χ3v) is 5.32. The molecule has 1 aromatic carbocycles. The zero-order valence-corrected chi connectivity index (χ0v) is 15.3. The largest absolute Gasteiger partial charge is 0.495 e. The number of halogens is 2. The molecule has 0 amide bonds. The van der Waals surface area contributed by atoms with Crippen LogP contribution in [0.25, 0.3) is 0 Å². The van der Waals surface area contributed by atoms with Gasteiger partial charge < -0.3 is 10.1 Å². The summed E-state index contributed by atoms with van der Waals surface area (Å²) in [5.74, 6) is 1.55. The van der Waals surface area contributed by atoms with E-state index < -0.39 is 0 Å². The van der Waals surface area contributed by atoms with Crippen molar-refractivity contribution in [3.63, 3.8) is 0 Å². The Morgan fingerprint density at radius 1 is 1.19 bits per heavy atom. The Kier molecular flexibility index (Phi) is 6.84. The Bertz CT molecular complexity index is 458. The lowest BCUT2D eigenvalue weighted by atomic mass is 9.82. The van der Waals surface area contributed by atoms with E-state index in [0.717, 1.165) is 15.2 Å². The van der Waals surface area contributed by atoms with Gasteiger partial charge in [-0.25, -0.2) is 0 Å². The van der Waals surface area contributed by atoms with Crippen molar-refractivity contribution in [2.75, 3.05) is 14.2 Å². The molecular weight excluding hydrogens is 350 g/mol. The minimum absolute atomic E-state index is 0.299. The smallest absolute Gasteiger partial charge is 0.137 e. The van der Waals surface area contributed by atoms with Crippen molar-refractivity contribution in [3.05, 3.63) is 27.2 Å². The van der Waals surface area contributed by atoms with E-state index in [2.05, 4.69) is 21.2 Å². The van der Waals surface area contributed by atoms with Crippen molar-refractivity contribution in [3.8, 4) is 5.75 Å². The minimum atomic E-state index is 0.299. The fourth-order valence-electron chi connectivity index (χ4n) is 3.49. The van der Waals surface area contributed by atoms with Crippen LogP contribution in [0, 0.1) is 5.92 Å². The first-order valence-electron chi connectivity index (χ1n) is 7.87. The number of hydrogen-bond acceptors (Lipinski definition) is 2. The standard InChI is InChI=1S/C17H25BrClNO/c1-20-16(12-8-6-4-3-5-7-9-12)14-10-13(19)11-15(18)17(14)21-2/h10-12,16,20H,3-9H2,1-2H3. The topological polar surface area (TPSA) is 21.3 Å². The summed E-state index contributed by atoms with van der Waals surface area (Å²) < 4.78 is 6.54. The van der Waals surface area contributed by atoms with Gasteiger partial charge in [-0.3, -0.25) is 0 Å². The zero-order valence-electron chi connectivity index (χ0n) is 12.9. The molecule has 1 aliphatic rings. The number of ether oxygens (including phenoxy) is 1. The number of nitrogens with one attached hydrogen (secondary N) is 1. The van der Waals surface area contributed by atoms with Gasteiger partial charge in [0.05, 0.1) is 11.6 Å². The number of benzene rings is 1. The van der Waals surface area contributed by atoms with Crippen LogP contribution in [0.15, 0.2) is 16.6 Å². The highest BCUT2D eigenvalue weighted by Gasteiger charge is 2.26. The monoisotopic (exact) mass is 373 g/mol. The van der Waals surface area contributed by atoms with Crippen molar-refractivity contribution < 1.29 is 4.74 Å². The molecule has 0 saturated heterocycles. The van der Waals surface area contributed by atoms with E-state index in [1.807, 2.05) is 19.2 Å². The Balaban J connectivity index is 2.31. The molecule has 1 aliphatic carbocycles. The van der Waals surface area contributed by atoms with Crippen LogP contribution in [-0.4, -0.2) is 14.2 Å². The Hall–Kier alpha value is -0.250. The first-order valence-corrected chi connectivity index (χ1v) is 9.04. The van der Waals surface area contributed by atoms with Crippen molar-refractivity contribution in [1.82, 2.24) is 5.32 Å². The van der Waals surface area contributed by atoms with Gasteiger partial charge in [0.15, 0.2) is 0 Å². The van der Waals surface area contributed by atoms with E-state index in [-0.39, 0.29) is 0 Å². The highest BCUT2D eigenvalue weighted by molar-refractivity contribution is 9.10. The lowest BCUT2D eigenvalue weighted by Crippen LogP contribution is -2.26. The first kappa shape index (κ1) is 17.1. The Labute approximate surface area is 141 Å². The fraction of sp³-hybridized carbons (Fsp3) is 0.647. The summed E-state index contributed by atoms with van der Waals surface area (Å²) in [6.45, 7) is 0. The average Bonchev–Trinajstić information content (AvgIpc) is 2.41. The molecule has 1 N–H and O–H groups in total. The predicted molar refractivity (Wildman–Crippen MR) is 93.3 cm³/mol. The molecule has 2 nitrogen and oxygen atoms in total. The lowest BCUT2D eigenvalue weighted by molar-refractivity contribution is 0.291. The normalized spacial score (nSPS) is 18.9. The summed E-state index contributed by atoms with van der Waals surface area (Å²) in [6, 6.07) is 4.24. The third-order valence-electron chi connectivity index (χ3n) is 4.51. The van der Waals surface area contributed by atoms with Crippen LogP contribution in [0.5, 0.6) is 5.75 Å². The molecule has 118 valence electrons. The summed E-state index contributed by atoms with van der Waals surface area (Å²) in [7, 11) is 3.76. The Morgan fingerprint density at radius 2 is 1.81 bits per heavy atom. The summed E-state index contributed by atoms with van der Waals surface area (Å²) in [4.78, 5) is 0. The van der Waals surface area contributed by atoms with E-state index in [4.69, 9.17) is 16.3 Å². The van der Waals surface area contributed by atoms with Crippen molar-refractivity contribution >= 4 is 27.5 Å². The zero-order chi connectivity index (χ0) is 15.2. The summed E-state index contributed by atoms with van der Waals surface area (Å²) in [6.07, 6.45) is 9.33. The van der Waals surface area contributed by atoms with Crippen molar-refractivity contribution in [1.29, 1.82) is 0 Å². The van der Waals surface area contributed by atoms with Crippen LogP contribution in [0.4, 0.5) is 0 Å². The molecule has 0 aliphatic heterocycles.